The van der Waals surface area contributed by atoms with Crippen LogP contribution in [0.5, 0.6) is 0 Å². The van der Waals surface area contributed by atoms with Gasteiger partial charge < -0.3 is 15.4 Å². The molecule has 2 N–H and O–H groups in total. The number of benzene rings is 1. The Morgan fingerprint density at radius 1 is 1.14 bits per heavy atom. The molecule has 0 aliphatic carbocycles. The largest absolute Gasteiger partial charge is 0.444 e. The van der Waals surface area contributed by atoms with Crippen molar-refractivity contribution in [3.63, 3.8) is 0 Å². The summed E-state index contributed by atoms with van der Waals surface area (Å²) < 4.78 is 5.22. The van der Waals surface area contributed by atoms with Crippen LogP contribution in [0.15, 0.2) is 30.3 Å². The lowest BCUT2D eigenvalue weighted by Gasteiger charge is -2.23. The molecule has 0 saturated heterocycles. The fraction of sp³-hybridized carbons (Fsp3) is 0.611. The third kappa shape index (κ3) is 8.67. The summed E-state index contributed by atoms with van der Waals surface area (Å²) in [6.45, 7) is 10.4. The molecule has 2 unspecified atom stereocenters. The van der Waals surface area contributed by atoms with Crippen LogP contribution in [0.25, 0.3) is 0 Å². The molecule has 0 heterocycles. The molecule has 1 aromatic rings. The molecule has 1 rings (SSSR count). The first-order chi connectivity index (χ1) is 10.3. The Hall–Kier alpha value is -1.55. The van der Waals surface area contributed by atoms with Crippen LogP contribution in [0.2, 0.25) is 0 Å². The van der Waals surface area contributed by atoms with Crippen molar-refractivity contribution < 1.29 is 9.53 Å². The van der Waals surface area contributed by atoms with E-state index >= 15 is 0 Å². The Morgan fingerprint density at radius 3 is 2.36 bits per heavy atom. The Labute approximate surface area is 134 Å². The van der Waals surface area contributed by atoms with Crippen LogP contribution in [0, 0.1) is 0 Å². The predicted molar refractivity (Wildman–Crippen MR) is 91.1 cm³/mol. The average Bonchev–Trinajstić information content (AvgIpc) is 2.42. The average molecular weight is 306 g/mol. The lowest BCUT2D eigenvalue weighted by molar-refractivity contribution is 0.0522. The van der Waals surface area contributed by atoms with E-state index in [1.165, 1.54) is 5.56 Å². The van der Waals surface area contributed by atoms with Crippen LogP contribution in [0.4, 0.5) is 4.79 Å². The zero-order valence-electron chi connectivity index (χ0n) is 14.5. The SMILES string of the molecule is CC(CCc1ccccc1)NC(C)CNC(=O)OC(C)(C)C. The summed E-state index contributed by atoms with van der Waals surface area (Å²) in [4.78, 5) is 11.6. The number of carbonyl (C=O) groups excluding carboxylic acids is 1. The fourth-order valence-corrected chi connectivity index (χ4v) is 2.21. The van der Waals surface area contributed by atoms with Gasteiger partial charge in [0, 0.05) is 18.6 Å². The molecule has 4 nitrogen and oxygen atoms in total. The number of ether oxygens (including phenoxy) is 1. The molecule has 0 spiro atoms. The van der Waals surface area contributed by atoms with Gasteiger partial charge in [0.15, 0.2) is 0 Å². The Morgan fingerprint density at radius 2 is 1.77 bits per heavy atom. The second kappa shape index (κ2) is 8.79. The minimum absolute atomic E-state index is 0.207. The lowest BCUT2D eigenvalue weighted by atomic mass is 10.1. The Balaban J connectivity index is 2.21. The molecule has 0 bridgehead atoms. The van der Waals surface area contributed by atoms with Gasteiger partial charge in [-0.25, -0.2) is 4.79 Å². The van der Waals surface area contributed by atoms with Crippen molar-refractivity contribution in [1.29, 1.82) is 0 Å². The highest BCUT2D eigenvalue weighted by molar-refractivity contribution is 5.67. The minimum Gasteiger partial charge on any atom is -0.444 e. The fourth-order valence-electron chi connectivity index (χ4n) is 2.21. The first-order valence-corrected chi connectivity index (χ1v) is 8.03. The zero-order chi connectivity index (χ0) is 16.6. The van der Waals surface area contributed by atoms with Gasteiger partial charge in [0.25, 0.3) is 0 Å². The van der Waals surface area contributed by atoms with Crippen molar-refractivity contribution in [3.05, 3.63) is 35.9 Å². The molecule has 0 saturated carbocycles. The van der Waals surface area contributed by atoms with Crippen molar-refractivity contribution in [2.75, 3.05) is 6.54 Å². The van der Waals surface area contributed by atoms with Crippen LogP contribution < -0.4 is 10.6 Å². The number of alkyl carbamates (subject to hydrolysis) is 1. The van der Waals surface area contributed by atoms with Crippen LogP contribution in [0.3, 0.4) is 0 Å². The molecule has 0 aliphatic rings. The maximum atomic E-state index is 11.6. The van der Waals surface area contributed by atoms with Crippen molar-refractivity contribution >= 4 is 6.09 Å². The second-order valence-corrected chi connectivity index (χ2v) is 6.88. The number of nitrogens with one attached hydrogen (secondary N) is 2. The minimum atomic E-state index is -0.455. The smallest absolute Gasteiger partial charge is 0.407 e. The van der Waals surface area contributed by atoms with Crippen LogP contribution in [-0.2, 0) is 11.2 Å². The summed E-state index contributed by atoms with van der Waals surface area (Å²) in [5.74, 6) is 0. The summed E-state index contributed by atoms with van der Waals surface area (Å²) >= 11 is 0. The highest BCUT2D eigenvalue weighted by Gasteiger charge is 2.16. The number of hydrogen-bond acceptors (Lipinski definition) is 3. The normalized spacial score (nSPS) is 14.2. The van der Waals surface area contributed by atoms with Gasteiger partial charge in [-0.1, -0.05) is 30.3 Å². The van der Waals surface area contributed by atoms with Gasteiger partial charge in [-0.05, 0) is 53.0 Å². The number of amides is 1. The topological polar surface area (TPSA) is 50.4 Å². The molecular weight excluding hydrogens is 276 g/mol. The molecule has 22 heavy (non-hydrogen) atoms. The van der Waals surface area contributed by atoms with Crippen LogP contribution in [0.1, 0.15) is 46.6 Å². The van der Waals surface area contributed by atoms with E-state index in [4.69, 9.17) is 4.74 Å². The van der Waals surface area contributed by atoms with E-state index in [2.05, 4.69) is 48.7 Å². The maximum Gasteiger partial charge on any atom is 0.407 e. The van der Waals surface area contributed by atoms with Gasteiger partial charge in [0.05, 0.1) is 0 Å². The quantitative estimate of drug-likeness (QED) is 0.810. The van der Waals surface area contributed by atoms with Gasteiger partial charge in [-0.3, -0.25) is 0 Å². The van der Waals surface area contributed by atoms with Crippen molar-refractivity contribution in [1.82, 2.24) is 10.6 Å². The first-order valence-electron chi connectivity index (χ1n) is 8.03. The molecular formula is C18H30N2O2. The molecule has 0 fully saturated rings. The number of carbonyl (C=O) groups is 1. The standard InChI is InChI=1S/C18H30N2O2/c1-14(11-12-16-9-7-6-8-10-16)20-15(2)13-19-17(21)22-18(3,4)5/h6-10,14-15,20H,11-13H2,1-5H3,(H,19,21). The summed E-state index contributed by atoms with van der Waals surface area (Å²) in [7, 11) is 0. The molecule has 0 radical (unpaired) electrons. The molecule has 2 atom stereocenters. The van der Waals surface area contributed by atoms with E-state index < -0.39 is 5.60 Å². The zero-order valence-corrected chi connectivity index (χ0v) is 14.5. The van der Waals surface area contributed by atoms with Crippen molar-refractivity contribution in [2.24, 2.45) is 0 Å². The van der Waals surface area contributed by atoms with E-state index in [9.17, 15) is 4.79 Å². The van der Waals surface area contributed by atoms with E-state index in [1.54, 1.807) is 0 Å². The van der Waals surface area contributed by atoms with Gasteiger partial charge >= 0.3 is 6.09 Å². The van der Waals surface area contributed by atoms with Gasteiger partial charge in [-0.15, -0.1) is 0 Å². The van der Waals surface area contributed by atoms with E-state index in [0.29, 0.717) is 12.6 Å². The van der Waals surface area contributed by atoms with E-state index in [-0.39, 0.29) is 12.1 Å². The van der Waals surface area contributed by atoms with E-state index in [1.807, 2.05) is 26.8 Å². The van der Waals surface area contributed by atoms with Crippen LogP contribution in [-0.4, -0.2) is 30.3 Å². The van der Waals surface area contributed by atoms with Crippen molar-refractivity contribution in [2.45, 2.75) is 65.1 Å². The molecule has 124 valence electrons. The second-order valence-electron chi connectivity index (χ2n) is 6.88. The number of rotatable bonds is 7. The molecule has 1 aromatic carbocycles. The van der Waals surface area contributed by atoms with Gasteiger partial charge in [0.2, 0.25) is 0 Å². The highest BCUT2D eigenvalue weighted by Crippen LogP contribution is 2.07. The highest BCUT2D eigenvalue weighted by atomic mass is 16.6. The summed E-state index contributed by atoms with van der Waals surface area (Å²) in [6, 6.07) is 11.1. The Kier molecular flexibility index (Phi) is 7.39. The van der Waals surface area contributed by atoms with E-state index in [0.717, 1.165) is 12.8 Å². The first kappa shape index (κ1) is 18.5. The number of hydrogen-bond donors (Lipinski definition) is 2. The molecule has 0 aliphatic heterocycles. The van der Waals surface area contributed by atoms with Crippen molar-refractivity contribution in [3.8, 4) is 0 Å². The third-order valence-electron chi connectivity index (χ3n) is 3.23. The predicted octanol–water partition coefficient (Wildman–Crippen LogP) is 3.51. The van der Waals surface area contributed by atoms with Crippen LogP contribution >= 0.6 is 0 Å². The monoisotopic (exact) mass is 306 g/mol. The summed E-state index contributed by atoms with van der Waals surface area (Å²) in [5.41, 5.74) is 0.902. The maximum absolute atomic E-state index is 11.6. The summed E-state index contributed by atoms with van der Waals surface area (Å²) in [5, 5.41) is 6.29. The molecule has 0 aromatic heterocycles. The molecule has 4 heteroatoms. The summed E-state index contributed by atoms with van der Waals surface area (Å²) in [6.07, 6.45) is 1.76. The Bertz CT molecular complexity index is 440. The number of aryl methyl sites for hydroxylation is 1. The van der Waals surface area contributed by atoms with Gasteiger partial charge in [-0.2, -0.15) is 0 Å². The van der Waals surface area contributed by atoms with Gasteiger partial charge in [0.1, 0.15) is 5.60 Å². The molecule has 1 amide bonds. The lowest BCUT2D eigenvalue weighted by Crippen LogP contribution is -2.44. The third-order valence-corrected chi connectivity index (χ3v) is 3.23.